The van der Waals surface area contributed by atoms with Crippen molar-refractivity contribution in [3.63, 3.8) is 0 Å². The molecule has 1 saturated heterocycles. The number of nitrogens with zero attached hydrogens (tertiary/aromatic N) is 1. The maximum Gasteiger partial charge on any atom is 0.260 e. The zero-order chi connectivity index (χ0) is 13.8. The van der Waals surface area contributed by atoms with Gasteiger partial charge in [-0.3, -0.25) is 9.59 Å². The number of primary amides is 1. The summed E-state index contributed by atoms with van der Waals surface area (Å²) in [7, 11) is 0. The SMILES string of the molecule is NC(=O)c1sc(Br)cc1NCC(=O)N1CCOCC1. The predicted molar refractivity (Wildman–Crippen MR) is 76.4 cm³/mol. The first kappa shape index (κ1) is 14.3. The van der Waals surface area contributed by atoms with Crippen molar-refractivity contribution in [2.75, 3.05) is 38.2 Å². The van der Waals surface area contributed by atoms with Crippen LogP contribution in [0.3, 0.4) is 0 Å². The zero-order valence-corrected chi connectivity index (χ0v) is 12.6. The third-order valence-electron chi connectivity index (χ3n) is 2.72. The average Bonchev–Trinajstić information content (AvgIpc) is 2.78. The van der Waals surface area contributed by atoms with Gasteiger partial charge in [0, 0.05) is 13.1 Å². The molecular weight excluding hydrogens is 334 g/mol. The van der Waals surface area contributed by atoms with Gasteiger partial charge in [-0.05, 0) is 22.0 Å². The van der Waals surface area contributed by atoms with Crippen molar-refractivity contribution in [2.24, 2.45) is 5.73 Å². The van der Waals surface area contributed by atoms with Gasteiger partial charge in [0.15, 0.2) is 0 Å². The smallest absolute Gasteiger partial charge is 0.260 e. The molecule has 0 saturated carbocycles. The van der Waals surface area contributed by atoms with E-state index in [1.54, 1.807) is 11.0 Å². The van der Waals surface area contributed by atoms with Crippen LogP contribution in [-0.4, -0.2) is 49.6 Å². The van der Waals surface area contributed by atoms with Gasteiger partial charge in [-0.1, -0.05) is 0 Å². The van der Waals surface area contributed by atoms with Crippen LogP contribution in [-0.2, 0) is 9.53 Å². The van der Waals surface area contributed by atoms with Crippen LogP contribution in [0.4, 0.5) is 5.69 Å². The summed E-state index contributed by atoms with van der Waals surface area (Å²) in [5.41, 5.74) is 5.86. The molecule has 2 heterocycles. The maximum atomic E-state index is 11.9. The Morgan fingerprint density at radius 2 is 2.16 bits per heavy atom. The molecule has 1 aliphatic rings. The molecule has 0 radical (unpaired) electrons. The largest absolute Gasteiger partial charge is 0.378 e. The van der Waals surface area contributed by atoms with E-state index in [2.05, 4.69) is 21.2 Å². The molecule has 1 aromatic rings. The van der Waals surface area contributed by atoms with Crippen molar-refractivity contribution in [3.05, 3.63) is 14.7 Å². The van der Waals surface area contributed by atoms with Crippen molar-refractivity contribution < 1.29 is 14.3 Å². The Balaban J connectivity index is 1.94. The number of rotatable bonds is 4. The van der Waals surface area contributed by atoms with Crippen LogP contribution in [0, 0.1) is 0 Å². The number of anilines is 1. The Morgan fingerprint density at radius 1 is 1.47 bits per heavy atom. The number of thiophene rings is 1. The predicted octanol–water partition coefficient (Wildman–Crippen LogP) is 0.880. The molecule has 2 rings (SSSR count). The van der Waals surface area contributed by atoms with Crippen LogP contribution >= 0.6 is 27.3 Å². The van der Waals surface area contributed by atoms with E-state index >= 15 is 0 Å². The van der Waals surface area contributed by atoms with Crippen LogP contribution in [0.1, 0.15) is 9.67 Å². The van der Waals surface area contributed by atoms with E-state index < -0.39 is 5.91 Å². The minimum absolute atomic E-state index is 0.0129. The first-order valence-electron chi connectivity index (χ1n) is 5.76. The van der Waals surface area contributed by atoms with Gasteiger partial charge in [-0.25, -0.2) is 0 Å². The molecule has 1 aromatic heterocycles. The second kappa shape index (κ2) is 6.36. The van der Waals surface area contributed by atoms with E-state index in [1.165, 1.54) is 11.3 Å². The minimum atomic E-state index is -0.503. The summed E-state index contributed by atoms with van der Waals surface area (Å²) in [4.78, 5) is 25.3. The molecule has 1 fully saturated rings. The minimum Gasteiger partial charge on any atom is -0.378 e. The third-order valence-corrected chi connectivity index (χ3v) is 4.37. The molecule has 0 atom stereocenters. The monoisotopic (exact) mass is 347 g/mol. The Labute approximate surface area is 123 Å². The summed E-state index contributed by atoms with van der Waals surface area (Å²) in [6.45, 7) is 2.50. The lowest BCUT2D eigenvalue weighted by molar-refractivity contribution is -0.133. The van der Waals surface area contributed by atoms with E-state index in [0.717, 1.165) is 3.79 Å². The number of halogens is 1. The number of nitrogens with two attached hydrogens (primary N) is 1. The lowest BCUT2D eigenvalue weighted by Crippen LogP contribution is -2.43. The Hall–Kier alpha value is -1.12. The molecule has 0 spiro atoms. The number of carbonyl (C=O) groups is 2. The van der Waals surface area contributed by atoms with E-state index in [-0.39, 0.29) is 12.5 Å². The summed E-state index contributed by atoms with van der Waals surface area (Å²) in [6.07, 6.45) is 0. The van der Waals surface area contributed by atoms with Gasteiger partial charge in [0.1, 0.15) is 4.88 Å². The van der Waals surface area contributed by atoms with E-state index in [1.807, 2.05) is 0 Å². The highest BCUT2D eigenvalue weighted by atomic mass is 79.9. The molecule has 8 heteroatoms. The molecule has 104 valence electrons. The van der Waals surface area contributed by atoms with Crippen molar-refractivity contribution in [1.29, 1.82) is 0 Å². The van der Waals surface area contributed by atoms with Gasteiger partial charge >= 0.3 is 0 Å². The number of hydrogen-bond acceptors (Lipinski definition) is 5. The summed E-state index contributed by atoms with van der Waals surface area (Å²) >= 11 is 4.54. The normalized spacial score (nSPS) is 15.3. The molecule has 19 heavy (non-hydrogen) atoms. The molecule has 2 amide bonds. The van der Waals surface area contributed by atoms with Gasteiger partial charge in [0.25, 0.3) is 5.91 Å². The molecule has 0 aliphatic carbocycles. The van der Waals surface area contributed by atoms with Crippen LogP contribution < -0.4 is 11.1 Å². The van der Waals surface area contributed by atoms with Crippen LogP contribution in [0.5, 0.6) is 0 Å². The molecule has 0 aromatic carbocycles. The number of carbonyl (C=O) groups excluding carboxylic acids is 2. The summed E-state index contributed by atoms with van der Waals surface area (Å²) in [5.74, 6) is -0.516. The third kappa shape index (κ3) is 3.68. The lowest BCUT2D eigenvalue weighted by atomic mass is 10.3. The first-order chi connectivity index (χ1) is 9.08. The number of ether oxygens (including phenoxy) is 1. The Morgan fingerprint density at radius 3 is 2.79 bits per heavy atom. The molecular formula is C11H14BrN3O3S. The van der Waals surface area contributed by atoms with E-state index in [0.29, 0.717) is 36.9 Å². The summed E-state index contributed by atoms with van der Waals surface area (Å²) < 4.78 is 5.98. The van der Waals surface area contributed by atoms with Gasteiger partial charge in [-0.2, -0.15) is 0 Å². The zero-order valence-electron chi connectivity index (χ0n) is 10.1. The molecule has 1 aliphatic heterocycles. The van der Waals surface area contributed by atoms with Gasteiger partial charge in [-0.15, -0.1) is 11.3 Å². The van der Waals surface area contributed by atoms with Crippen molar-refractivity contribution in [1.82, 2.24) is 4.90 Å². The molecule has 0 unspecified atom stereocenters. The van der Waals surface area contributed by atoms with Crippen molar-refractivity contribution in [3.8, 4) is 0 Å². The summed E-state index contributed by atoms with van der Waals surface area (Å²) in [5, 5.41) is 2.96. The number of hydrogen-bond donors (Lipinski definition) is 2. The van der Waals surface area contributed by atoms with Gasteiger partial charge in [0.05, 0.1) is 29.2 Å². The molecule has 3 N–H and O–H groups in total. The van der Waals surface area contributed by atoms with Crippen molar-refractivity contribution >= 4 is 44.8 Å². The van der Waals surface area contributed by atoms with E-state index in [9.17, 15) is 9.59 Å². The number of morpholine rings is 1. The van der Waals surface area contributed by atoms with Crippen LogP contribution in [0.2, 0.25) is 0 Å². The maximum absolute atomic E-state index is 11.9. The average molecular weight is 348 g/mol. The first-order valence-corrected chi connectivity index (χ1v) is 7.37. The highest BCUT2D eigenvalue weighted by Crippen LogP contribution is 2.30. The van der Waals surface area contributed by atoms with Crippen molar-refractivity contribution in [2.45, 2.75) is 0 Å². The Kier molecular flexibility index (Phi) is 4.78. The highest BCUT2D eigenvalue weighted by molar-refractivity contribution is 9.11. The fourth-order valence-corrected chi connectivity index (χ4v) is 3.20. The second-order valence-electron chi connectivity index (χ2n) is 4.00. The quantitative estimate of drug-likeness (QED) is 0.846. The number of amides is 2. The topological polar surface area (TPSA) is 84.7 Å². The lowest BCUT2D eigenvalue weighted by Gasteiger charge is -2.27. The highest BCUT2D eigenvalue weighted by Gasteiger charge is 2.18. The van der Waals surface area contributed by atoms with Gasteiger partial charge < -0.3 is 20.7 Å². The van der Waals surface area contributed by atoms with Crippen LogP contribution in [0.15, 0.2) is 9.85 Å². The Bertz CT molecular complexity index is 486. The fraction of sp³-hybridized carbons (Fsp3) is 0.455. The standard InChI is InChI=1S/C11H14BrN3O3S/c12-8-5-7(10(19-8)11(13)17)14-6-9(16)15-1-3-18-4-2-15/h5,14H,1-4,6H2,(H2,13,17). The molecule has 6 nitrogen and oxygen atoms in total. The fourth-order valence-electron chi connectivity index (χ4n) is 1.77. The van der Waals surface area contributed by atoms with Crippen LogP contribution in [0.25, 0.3) is 0 Å². The van der Waals surface area contributed by atoms with Gasteiger partial charge in [0.2, 0.25) is 5.91 Å². The molecule has 0 bridgehead atoms. The summed E-state index contributed by atoms with van der Waals surface area (Å²) in [6, 6.07) is 1.75. The van der Waals surface area contributed by atoms with E-state index in [4.69, 9.17) is 10.5 Å². The second-order valence-corrected chi connectivity index (χ2v) is 6.44. The number of nitrogens with one attached hydrogen (secondary N) is 1.